The van der Waals surface area contributed by atoms with Crippen molar-refractivity contribution < 1.29 is 9.13 Å². The van der Waals surface area contributed by atoms with Crippen molar-refractivity contribution in [1.82, 2.24) is 0 Å². The molecule has 0 heterocycles. The van der Waals surface area contributed by atoms with Gasteiger partial charge in [-0.25, -0.2) is 4.39 Å². The van der Waals surface area contributed by atoms with E-state index in [1.165, 1.54) is 13.2 Å². The van der Waals surface area contributed by atoms with Crippen molar-refractivity contribution in [2.45, 2.75) is 0 Å². The van der Waals surface area contributed by atoms with Crippen LogP contribution in [0.15, 0.2) is 35.9 Å². The van der Waals surface area contributed by atoms with Crippen LogP contribution in [0, 0.1) is 0 Å². The molecule has 0 radical (unpaired) electrons. The second-order valence-corrected chi connectivity index (χ2v) is 1.87. The molecule has 0 spiro atoms. The Bertz CT molecular complexity index is 184. The monoisotopic (exact) mass is 162 g/mol. The Morgan fingerprint density at radius 1 is 1.70 bits per heavy atom. The lowest BCUT2D eigenvalue weighted by Gasteiger charge is -2.00. The molecule has 0 fully saturated rings. The van der Waals surface area contributed by atoms with Crippen LogP contribution in [0.5, 0.6) is 0 Å². The van der Waals surface area contributed by atoms with Crippen molar-refractivity contribution in [3.63, 3.8) is 0 Å². The summed E-state index contributed by atoms with van der Waals surface area (Å²) in [5.74, 6) is -0.535. The molecule has 0 unspecified atom stereocenters. The van der Waals surface area contributed by atoms with E-state index >= 15 is 0 Å². The molecule has 0 aliphatic carbocycles. The number of rotatable bonds is 3. The van der Waals surface area contributed by atoms with Crippen LogP contribution in [0.25, 0.3) is 0 Å². The third-order valence-electron chi connectivity index (χ3n) is 0.860. The van der Waals surface area contributed by atoms with Gasteiger partial charge in [0.2, 0.25) is 0 Å². The molecule has 0 bridgehead atoms. The number of methoxy groups -OCH3 is 1. The van der Waals surface area contributed by atoms with Gasteiger partial charge in [0.1, 0.15) is 16.6 Å². The summed E-state index contributed by atoms with van der Waals surface area (Å²) in [5.41, 5.74) is 0. The Labute approximate surface area is 64.4 Å². The minimum absolute atomic E-state index is 0.141. The molecule has 0 N–H and O–H groups in total. The van der Waals surface area contributed by atoms with Crippen molar-refractivity contribution in [3.8, 4) is 0 Å². The molecule has 0 amide bonds. The molecule has 56 valence electrons. The minimum atomic E-state index is -0.724. The zero-order valence-corrected chi connectivity index (χ0v) is 6.41. The van der Waals surface area contributed by atoms with Crippen LogP contribution in [0.3, 0.4) is 0 Å². The highest BCUT2D eigenvalue weighted by Crippen LogP contribution is 2.19. The van der Waals surface area contributed by atoms with Gasteiger partial charge in [-0.2, -0.15) is 0 Å². The van der Waals surface area contributed by atoms with Gasteiger partial charge in [0.05, 0.1) is 7.11 Å². The fraction of sp³-hybridized carbons (Fsp3) is 0.143. The fourth-order valence-corrected chi connectivity index (χ4v) is 0.551. The summed E-state index contributed by atoms with van der Waals surface area (Å²) in [7, 11) is 1.38. The van der Waals surface area contributed by atoms with Crippen LogP contribution >= 0.6 is 11.6 Å². The predicted octanol–water partition coefficient (Wildman–Crippen LogP) is 2.75. The van der Waals surface area contributed by atoms with Gasteiger partial charge in [-0.05, 0) is 6.08 Å². The molecule has 0 rings (SSSR count). The Kier molecular flexibility index (Phi) is 3.81. The number of hydrogen-bond acceptors (Lipinski definition) is 1. The van der Waals surface area contributed by atoms with E-state index in [9.17, 15) is 4.39 Å². The number of ether oxygens (including phenoxy) is 1. The van der Waals surface area contributed by atoms with Crippen molar-refractivity contribution >= 4 is 11.6 Å². The smallest absolute Gasteiger partial charge is 0.139 e. The van der Waals surface area contributed by atoms with Gasteiger partial charge in [-0.1, -0.05) is 24.8 Å². The van der Waals surface area contributed by atoms with E-state index in [0.29, 0.717) is 0 Å². The summed E-state index contributed by atoms with van der Waals surface area (Å²) in [6, 6.07) is 0. The van der Waals surface area contributed by atoms with Crippen molar-refractivity contribution in [2.75, 3.05) is 7.11 Å². The molecule has 1 nitrogen and oxygen atoms in total. The lowest BCUT2D eigenvalue weighted by atomic mass is 10.4. The molecule has 3 heteroatoms. The lowest BCUT2D eigenvalue weighted by Crippen LogP contribution is -1.85. The van der Waals surface area contributed by atoms with Crippen LogP contribution in [-0.2, 0) is 4.74 Å². The molecular weight excluding hydrogens is 155 g/mol. The number of halogens is 2. The third-order valence-corrected chi connectivity index (χ3v) is 1.25. The van der Waals surface area contributed by atoms with E-state index in [2.05, 4.69) is 17.9 Å². The molecular formula is C7H8ClFO. The topological polar surface area (TPSA) is 9.23 Å². The third kappa shape index (κ3) is 2.23. The second-order valence-electron chi connectivity index (χ2n) is 1.49. The van der Waals surface area contributed by atoms with Gasteiger partial charge in [0, 0.05) is 0 Å². The highest BCUT2D eigenvalue weighted by atomic mass is 35.5. The van der Waals surface area contributed by atoms with Crippen LogP contribution in [0.1, 0.15) is 0 Å². The Morgan fingerprint density at radius 3 is 2.30 bits per heavy atom. The highest BCUT2D eigenvalue weighted by Gasteiger charge is 2.03. The summed E-state index contributed by atoms with van der Waals surface area (Å²) < 4.78 is 16.9. The van der Waals surface area contributed by atoms with E-state index in [0.717, 1.165) is 0 Å². The van der Waals surface area contributed by atoms with Gasteiger partial charge >= 0.3 is 0 Å². The van der Waals surface area contributed by atoms with E-state index in [-0.39, 0.29) is 10.8 Å². The average Bonchev–Trinajstić information content (AvgIpc) is 1.90. The Hall–Kier alpha value is -0.760. The SMILES string of the molecule is C=C/C(OC)=C(/Cl)C(=C)F. The van der Waals surface area contributed by atoms with E-state index in [4.69, 9.17) is 11.6 Å². The van der Waals surface area contributed by atoms with E-state index < -0.39 is 5.83 Å². The largest absolute Gasteiger partial charge is 0.495 e. The molecule has 10 heavy (non-hydrogen) atoms. The summed E-state index contributed by atoms with van der Waals surface area (Å²) in [6.07, 6.45) is 1.31. The summed E-state index contributed by atoms with van der Waals surface area (Å²) >= 11 is 5.39. The molecule has 0 atom stereocenters. The second kappa shape index (κ2) is 4.12. The first-order chi connectivity index (χ1) is 4.63. The van der Waals surface area contributed by atoms with Crippen molar-refractivity contribution in [2.24, 2.45) is 0 Å². The molecule has 0 aliphatic heterocycles. The van der Waals surface area contributed by atoms with Gasteiger partial charge in [0.25, 0.3) is 0 Å². The summed E-state index contributed by atoms with van der Waals surface area (Å²) in [4.78, 5) is 0. The van der Waals surface area contributed by atoms with Gasteiger partial charge in [0.15, 0.2) is 0 Å². The van der Waals surface area contributed by atoms with Gasteiger partial charge < -0.3 is 4.74 Å². The standard InChI is InChI=1S/C7H8ClFO/c1-4-6(10-3)7(8)5(2)9/h4H,1-2H2,3H3/b7-6-. The molecule has 0 aliphatic rings. The van der Waals surface area contributed by atoms with Crippen LogP contribution in [-0.4, -0.2) is 7.11 Å². The zero-order chi connectivity index (χ0) is 8.15. The van der Waals surface area contributed by atoms with Crippen molar-refractivity contribution in [3.05, 3.63) is 35.9 Å². The summed E-state index contributed by atoms with van der Waals surface area (Å²) in [5, 5.41) is -0.141. The maximum Gasteiger partial charge on any atom is 0.139 e. The minimum Gasteiger partial charge on any atom is -0.495 e. The Morgan fingerprint density at radius 2 is 2.20 bits per heavy atom. The fourth-order valence-electron chi connectivity index (χ4n) is 0.396. The first kappa shape index (κ1) is 9.24. The molecule has 0 saturated carbocycles. The molecule has 0 aromatic heterocycles. The summed E-state index contributed by atoms with van der Waals surface area (Å²) in [6.45, 7) is 6.35. The first-order valence-electron chi connectivity index (χ1n) is 2.54. The Balaban J connectivity index is 4.59. The highest BCUT2D eigenvalue weighted by molar-refractivity contribution is 6.32. The maximum absolute atomic E-state index is 12.2. The van der Waals surface area contributed by atoms with Gasteiger partial charge in [-0.3, -0.25) is 0 Å². The van der Waals surface area contributed by atoms with E-state index in [1.54, 1.807) is 0 Å². The first-order valence-corrected chi connectivity index (χ1v) is 2.92. The molecule has 0 saturated heterocycles. The predicted molar refractivity (Wildman–Crippen MR) is 40.3 cm³/mol. The number of hydrogen-bond donors (Lipinski definition) is 0. The average molecular weight is 163 g/mol. The van der Waals surface area contributed by atoms with Crippen molar-refractivity contribution in [1.29, 1.82) is 0 Å². The lowest BCUT2D eigenvalue weighted by molar-refractivity contribution is 0.304. The normalized spacial score (nSPS) is 11.9. The maximum atomic E-state index is 12.2. The van der Waals surface area contributed by atoms with Gasteiger partial charge in [-0.15, -0.1) is 0 Å². The van der Waals surface area contributed by atoms with Crippen LogP contribution < -0.4 is 0 Å². The van der Waals surface area contributed by atoms with E-state index in [1.807, 2.05) is 0 Å². The molecule has 0 aromatic carbocycles. The number of allylic oxidation sites excluding steroid dienone is 3. The molecule has 0 aromatic rings. The van der Waals surface area contributed by atoms with Crippen LogP contribution in [0.2, 0.25) is 0 Å². The zero-order valence-electron chi connectivity index (χ0n) is 5.66. The quantitative estimate of drug-likeness (QED) is 0.458. The van der Waals surface area contributed by atoms with Crippen LogP contribution in [0.4, 0.5) is 4.39 Å².